The van der Waals surface area contributed by atoms with E-state index in [1.54, 1.807) is 24.3 Å². The van der Waals surface area contributed by atoms with Crippen LogP contribution in [0.25, 0.3) is 16.0 Å². The standard InChI is InChI=1S/C23H13ClF3N5O3S/c1-28-18-9-14(19-16(25)3-2-4-17(19)35-21(26)27)15(10-29-18)20(33)30-22-31-32-23(36-22)34-11-12-5-7-13(24)8-6-12/h2-10,21H,11H2,(H,30,31,33). The summed E-state index contributed by atoms with van der Waals surface area (Å²) >= 11 is 6.79. The van der Waals surface area contributed by atoms with Crippen molar-refractivity contribution in [3.63, 3.8) is 0 Å². The van der Waals surface area contributed by atoms with Crippen LogP contribution in [0.1, 0.15) is 15.9 Å². The Balaban J connectivity index is 1.58. The van der Waals surface area contributed by atoms with Gasteiger partial charge in [0.15, 0.2) is 0 Å². The number of hydrogen-bond acceptors (Lipinski definition) is 7. The van der Waals surface area contributed by atoms with Crippen molar-refractivity contribution in [2.75, 3.05) is 5.32 Å². The molecule has 2 aromatic carbocycles. The molecule has 2 heterocycles. The van der Waals surface area contributed by atoms with Gasteiger partial charge in [-0.25, -0.2) is 4.39 Å². The molecule has 0 spiro atoms. The Morgan fingerprint density at radius 2 is 1.97 bits per heavy atom. The molecule has 182 valence electrons. The van der Waals surface area contributed by atoms with E-state index in [-0.39, 0.29) is 33.9 Å². The molecular weight excluding hydrogens is 519 g/mol. The molecule has 4 rings (SSSR count). The van der Waals surface area contributed by atoms with Crippen LogP contribution in [-0.4, -0.2) is 27.7 Å². The Hall–Kier alpha value is -4.21. The second-order valence-corrected chi connectivity index (χ2v) is 8.31. The van der Waals surface area contributed by atoms with E-state index < -0.39 is 29.6 Å². The summed E-state index contributed by atoms with van der Waals surface area (Å²) in [5, 5.41) is 11.0. The molecule has 36 heavy (non-hydrogen) atoms. The highest BCUT2D eigenvalue weighted by Gasteiger charge is 2.24. The number of hydrogen-bond donors (Lipinski definition) is 1. The van der Waals surface area contributed by atoms with Crippen LogP contribution in [0.2, 0.25) is 5.02 Å². The van der Waals surface area contributed by atoms with Crippen LogP contribution < -0.4 is 14.8 Å². The molecule has 0 aliphatic heterocycles. The second-order valence-electron chi connectivity index (χ2n) is 6.93. The van der Waals surface area contributed by atoms with Crippen molar-refractivity contribution in [1.29, 1.82) is 0 Å². The minimum absolute atomic E-state index is 0.0592. The minimum Gasteiger partial charge on any atom is -0.464 e. The zero-order valence-corrected chi connectivity index (χ0v) is 19.5. The van der Waals surface area contributed by atoms with Crippen molar-refractivity contribution in [3.8, 4) is 22.1 Å². The Bertz CT molecular complexity index is 1440. The van der Waals surface area contributed by atoms with Gasteiger partial charge in [-0.3, -0.25) is 10.1 Å². The monoisotopic (exact) mass is 531 g/mol. The van der Waals surface area contributed by atoms with Crippen LogP contribution >= 0.6 is 22.9 Å². The lowest BCUT2D eigenvalue weighted by Gasteiger charge is -2.14. The Kier molecular flexibility index (Phi) is 7.62. The third-order valence-electron chi connectivity index (χ3n) is 4.61. The SMILES string of the molecule is [C-]#[N+]c1cc(-c2c(F)cccc2OC(F)F)c(C(=O)Nc2nnc(OCc3ccc(Cl)cc3)s2)cn1. The Morgan fingerprint density at radius 3 is 2.69 bits per heavy atom. The molecule has 0 atom stereocenters. The normalized spacial score (nSPS) is 10.7. The first-order valence-corrected chi connectivity index (χ1v) is 11.2. The van der Waals surface area contributed by atoms with Gasteiger partial charge in [-0.2, -0.15) is 8.78 Å². The second kappa shape index (κ2) is 11.0. The van der Waals surface area contributed by atoms with Crippen LogP contribution in [-0.2, 0) is 6.61 Å². The Labute approximate surface area is 211 Å². The summed E-state index contributed by atoms with van der Waals surface area (Å²) < 4.78 is 50.6. The third kappa shape index (κ3) is 5.88. The third-order valence-corrected chi connectivity index (χ3v) is 5.62. The van der Waals surface area contributed by atoms with E-state index in [1.807, 2.05) is 0 Å². The van der Waals surface area contributed by atoms with Crippen LogP contribution in [0.3, 0.4) is 0 Å². The summed E-state index contributed by atoms with van der Waals surface area (Å²) in [6.45, 7) is 4.12. The lowest BCUT2D eigenvalue weighted by molar-refractivity contribution is -0.0495. The van der Waals surface area contributed by atoms with Crippen LogP contribution in [0.4, 0.5) is 24.1 Å². The van der Waals surface area contributed by atoms with E-state index in [1.165, 1.54) is 6.07 Å². The number of carbonyl (C=O) groups excluding carboxylic acids is 1. The van der Waals surface area contributed by atoms with E-state index in [4.69, 9.17) is 22.9 Å². The number of halogens is 4. The first-order chi connectivity index (χ1) is 17.3. The summed E-state index contributed by atoms with van der Waals surface area (Å²) in [5.41, 5.74) is 0.0541. The first-order valence-electron chi connectivity index (χ1n) is 9.97. The highest BCUT2D eigenvalue weighted by Crippen LogP contribution is 2.37. The lowest BCUT2D eigenvalue weighted by Crippen LogP contribution is -2.14. The maximum absolute atomic E-state index is 14.7. The molecule has 0 saturated carbocycles. The molecule has 0 fully saturated rings. The van der Waals surface area contributed by atoms with Gasteiger partial charge in [0.1, 0.15) is 24.4 Å². The van der Waals surface area contributed by atoms with Gasteiger partial charge in [-0.05, 0) is 52.8 Å². The van der Waals surface area contributed by atoms with Gasteiger partial charge in [0.2, 0.25) is 5.13 Å². The molecule has 0 bridgehead atoms. The quantitative estimate of drug-likeness (QED) is 0.265. The molecule has 13 heteroatoms. The number of carbonyl (C=O) groups is 1. The highest BCUT2D eigenvalue weighted by molar-refractivity contribution is 7.17. The number of nitrogens with zero attached hydrogens (tertiary/aromatic N) is 4. The summed E-state index contributed by atoms with van der Waals surface area (Å²) in [4.78, 5) is 20.0. The summed E-state index contributed by atoms with van der Waals surface area (Å²) in [5.74, 6) is -2.41. The first kappa shape index (κ1) is 24.9. The molecular formula is C23H13ClF3N5O3S. The number of rotatable bonds is 8. The number of anilines is 1. The maximum atomic E-state index is 14.7. The number of alkyl halides is 2. The van der Waals surface area contributed by atoms with Gasteiger partial charge >= 0.3 is 6.61 Å². The molecule has 8 nitrogen and oxygen atoms in total. The average molecular weight is 532 g/mol. The van der Waals surface area contributed by atoms with Gasteiger partial charge in [-0.1, -0.05) is 41.5 Å². The topological polar surface area (TPSA) is 90.6 Å². The van der Waals surface area contributed by atoms with Crippen molar-refractivity contribution in [2.24, 2.45) is 0 Å². The van der Waals surface area contributed by atoms with Crippen molar-refractivity contribution in [3.05, 3.63) is 88.1 Å². The van der Waals surface area contributed by atoms with E-state index in [2.05, 4.69) is 30.1 Å². The van der Waals surface area contributed by atoms with Crippen molar-refractivity contribution in [2.45, 2.75) is 13.2 Å². The van der Waals surface area contributed by atoms with Gasteiger partial charge < -0.3 is 14.3 Å². The predicted molar refractivity (Wildman–Crippen MR) is 126 cm³/mol. The Morgan fingerprint density at radius 1 is 1.19 bits per heavy atom. The van der Waals surface area contributed by atoms with Crippen molar-refractivity contribution >= 4 is 39.8 Å². The molecule has 0 aliphatic rings. The smallest absolute Gasteiger partial charge is 0.387 e. The molecule has 1 amide bonds. The molecule has 0 unspecified atom stereocenters. The lowest BCUT2D eigenvalue weighted by atomic mass is 9.99. The average Bonchev–Trinajstić information content (AvgIpc) is 3.30. The van der Waals surface area contributed by atoms with Gasteiger partial charge in [0.25, 0.3) is 16.9 Å². The van der Waals surface area contributed by atoms with E-state index in [0.717, 1.165) is 41.3 Å². The molecule has 1 N–H and O–H groups in total. The van der Waals surface area contributed by atoms with Crippen molar-refractivity contribution in [1.82, 2.24) is 15.2 Å². The number of aromatic nitrogens is 3. The van der Waals surface area contributed by atoms with Crippen LogP contribution in [0.5, 0.6) is 10.9 Å². The van der Waals surface area contributed by atoms with E-state index in [0.29, 0.717) is 5.02 Å². The highest BCUT2D eigenvalue weighted by atomic mass is 35.5. The molecule has 0 saturated heterocycles. The molecule has 4 aromatic rings. The van der Waals surface area contributed by atoms with Crippen LogP contribution in [0.15, 0.2) is 54.7 Å². The van der Waals surface area contributed by atoms with Gasteiger partial charge in [0, 0.05) is 5.02 Å². The minimum atomic E-state index is -3.24. The fourth-order valence-electron chi connectivity index (χ4n) is 3.06. The van der Waals surface area contributed by atoms with Crippen LogP contribution in [0, 0.1) is 12.4 Å². The van der Waals surface area contributed by atoms with Gasteiger partial charge in [-0.15, -0.1) is 10.1 Å². The number of nitrogens with one attached hydrogen (secondary N) is 1. The number of amides is 1. The molecule has 0 aliphatic carbocycles. The van der Waals surface area contributed by atoms with Crippen molar-refractivity contribution < 1.29 is 27.4 Å². The maximum Gasteiger partial charge on any atom is 0.387 e. The molecule has 0 radical (unpaired) electrons. The predicted octanol–water partition coefficient (Wildman–Crippen LogP) is 6.38. The summed E-state index contributed by atoms with van der Waals surface area (Å²) in [6, 6.07) is 11.4. The fourth-order valence-corrected chi connectivity index (χ4v) is 3.78. The van der Waals surface area contributed by atoms with Gasteiger partial charge in [0.05, 0.1) is 11.1 Å². The zero-order chi connectivity index (χ0) is 25.7. The largest absolute Gasteiger partial charge is 0.464 e. The van der Waals surface area contributed by atoms with E-state index in [9.17, 15) is 18.0 Å². The number of pyridine rings is 1. The number of ether oxygens (including phenoxy) is 2. The zero-order valence-electron chi connectivity index (χ0n) is 17.9. The number of benzene rings is 2. The fraction of sp³-hybridized carbons (Fsp3) is 0.0870. The summed E-state index contributed by atoms with van der Waals surface area (Å²) in [6.07, 6.45) is 1.04. The molecule has 2 aromatic heterocycles. The summed E-state index contributed by atoms with van der Waals surface area (Å²) in [7, 11) is 0. The van der Waals surface area contributed by atoms with E-state index >= 15 is 0 Å².